The molecule has 0 fully saturated rings. The third-order valence-corrected chi connectivity index (χ3v) is 5.26. The Bertz CT molecular complexity index is 847. The van der Waals surface area contributed by atoms with Gasteiger partial charge in [0.05, 0.1) is 27.6 Å². The molecule has 0 spiro atoms. The Morgan fingerprint density at radius 2 is 1.91 bits per heavy atom. The SMILES string of the molecule is COC(=O)c1c(Cl)ccc(S(=O)(=O)c2cccc(C)c2)c1N. The van der Waals surface area contributed by atoms with Gasteiger partial charge in [-0.05, 0) is 36.8 Å². The number of hydrogen-bond donors (Lipinski definition) is 1. The van der Waals surface area contributed by atoms with E-state index in [0.29, 0.717) is 0 Å². The van der Waals surface area contributed by atoms with E-state index >= 15 is 0 Å². The molecule has 22 heavy (non-hydrogen) atoms. The molecule has 0 heterocycles. The third kappa shape index (κ3) is 2.80. The minimum absolute atomic E-state index is 0.0348. The van der Waals surface area contributed by atoms with Gasteiger partial charge in [-0.25, -0.2) is 13.2 Å². The molecule has 0 aliphatic carbocycles. The summed E-state index contributed by atoms with van der Waals surface area (Å²) in [7, 11) is -2.70. The van der Waals surface area contributed by atoms with Crippen molar-refractivity contribution in [3.8, 4) is 0 Å². The minimum atomic E-state index is -3.86. The lowest BCUT2D eigenvalue weighted by molar-refractivity contribution is 0.0602. The number of esters is 1. The summed E-state index contributed by atoms with van der Waals surface area (Å²) in [5, 5.41) is 0.0348. The van der Waals surface area contributed by atoms with Crippen LogP contribution in [-0.2, 0) is 14.6 Å². The van der Waals surface area contributed by atoms with Crippen molar-refractivity contribution in [3.63, 3.8) is 0 Å². The van der Waals surface area contributed by atoms with Crippen molar-refractivity contribution in [1.29, 1.82) is 0 Å². The lowest BCUT2D eigenvalue weighted by Crippen LogP contribution is -2.12. The van der Waals surface area contributed by atoms with Gasteiger partial charge in [-0.15, -0.1) is 0 Å². The lowest BCUT2D eigenvalue weighted by Gasteiger charge is -2.12. The number of methoxy groups -OCH3 is 1. The number of nitrogens with two attached hydrogens (primary N) is 1. The Morgan fingerprint density at radius 1 is 1.23 bits per heavy atom. The van der Waals surface area contributed by atoms with E-state index in [0.717, 1.165) is 5.56 Å². The standard InChI is InChI=1S/C15H14ClNO4S/c1-9-4-3-5-10(8-9)22(19,20)12-7-6-11(16)13(14(12)17)15(18)21-2/h3-8H,17H2,1-2H3. The second kappa shape index (κ2) is 5.98. The van der Waals surface area contributed by atoms with Crippen LogP contribution in [-0.4, -0.2) is 21.5 Å². The molecule has 0 saturated heterocycles. The molecule has 0 aliphatic heterocycles. The van der Waals surface area contributed by atoms with Gasteiger partial charge in [0.25, 0.3) is 0 Å². The molecular formula is C15H14ClNO4S. The summed E-state index contributed by atoms with van der Waals surface area (Å²) >= 11 is 5.92. The van der Waals surface area contributed by atoms with Crippen molar-refractivity contribution in [2.24, 2.45) is 0 Å². The van der Waals surface area contributed by atoms with Gasteiger partial charge in [-0.2, -0.15) is 0 Å². The molecule has 116 valence electrons. The predicted octanol–water partition coefficient (Wildman–Crippen LogP) is 2.85. The molecule has 5 nitrogen and oxygen atoms in total. The number of ether oxygens (including phenoxy) is 1. The van der Waals surface area contributed by atoms with Crippen LogP contribution in [0.25, 0.3) is 0 Å². The highest BCUT2D eigenvalue weighted by Gasteiger charge is 2.26. The van der Waals surface area contributed by atoms with Crippen LogP contribution in [0.3, 0.4) is 0 Å². The highest BCUT2D eigenvalue weighted by Crippen LogP contribution is 2.33. The van der Waals surface area contributed by atoms with Crippen LogP contribution in [0, 0.1) is 6.92 Å². The zero-order chi connectivity index (χ0) is 16.5. The summed E-state index contributed by atoms with van der Waals surface area (Å²) in [6.45, 7) is 1.78. The molecule has 2 aromatic carbocycles. The summed E-state index contributed by atoms with van der Waals surface area (Å²) in [6.07, 6.45) is 0. The number of rotatable bonds is 3. The first-order chi connectivity index (χ1) is 10.3. The van der Waals surface area contributed by atoms with E-state index in [1.54, 1.807) is 19.1 Å². The smallest absolute Gasteiger partial charge is 0.341 e. The molecule has 0 radical (unpaired) electrons. The van der Waals surface area contributed by atoms with Gasteiger partial charge in [0.1, 0.15) is 5.56 Å². The van der Waals surface area contributed by atoms with Crippen LogP contribution in [0.4, 0.5) is 5.69 Å². The first-order valence-corrected chi connectivity index (χ1v) is 8.13. The van der Waals surface area contributed by atoms with E-state index in [2.05, 4.69) is 4.74 Å². The number of aryl methyl sites for hydroxylation is 1. The molecule has 0 aromatic heterocycles. The quantitative estimate of drug-likeness (QED) is 0.686. The highest BCUT2D eigenvalue weighted by molar-refractivity contribution is 7.91. The van der Waals surface area contributed by atoms with Crippen LogP contribution in [0.15, 0.2) is 46.2 Å². The Balaban J connectivity index is 2.70. The first kappa shape index (κ1) is 16.3. The summed E-state index contributed by atoms with van der Waals surface area (Å²) in [4.78, 5) is 11.7. The summed E-state index contributed by atoms with van der Waals surface area (Å²) in [6, 6.07) is 9.00. The number of halogens is 1. The fraction of sp³-hybridized carbons (Fsp3) is 0.133. The van der Waals surface area contributed by atoms with Gasteiger partial charge in [0.15, 0.2) is 0 Å². The van der Waals surface area contributed by atoms with Gasteiger partial charge in [-0.1, -0.05) is 23.7 Å². The Labute approximate surface area is 133 Å². The molecule has 0 atom stereocenters. The van der Waals surface area contributed by atoms with Gasteiger partial charge in [0.2, 0.25) is 9.84 Å². The van der Waals surface area contributed by atoms with E-state index in [4.69, 9.17) is 17.3 Å². The highest BCUT2D eigenvalue weighted by atomic mass is 35.5. The molecule has 0 bridgehead atoms. The molecule has 0 amide bonds. The molecule has 7 heteroatoms. The molecule has 2 rings (SSSR count). The second-order valence-electron chi connectivity index (χ2n) is 4.65. The van der Waals surface area contributed by atoms with Crippen molar-refractivity contribution < 1.29 is 17.9 Å². The number of carbonyl (C=O) groups excluding carboxylic acids is 1. The summed E-state index contributed by atoms with van der Waals surface area (Å²) < 4.78 is 30.0. The van der Waals surface area contributed by atoms with Crippen LogP contribution in [0.5, 0.6) is 0 Å². The van der Waals surface area contributed by atoms with Gasteiger partial charge >= 0.3 is 5.97 Å². The normalized spacial score (nSPS) is 11.2. The van der Waals surface area contributed by atoms with Crippen LogP contribution >= 0.6 is 11.6 Å². The van der Waals surface area contributed by atoms with E-state index in [9.17, 15) is 13.2 Å². The van der Waals surface area contributed by atoms with Crippen LogP contribution in [0.1, 0.15) is 15.9 Å². The number of carbonyl (C=O) groups is 1. The largest absolute Gasteiger partial charge is 0.465 e. The maximum absolute atomic E-state index is 12.7. The molecule has 0 aliphatic rings. The Hall–Kier alpha value is -2.05. The molecule has 0 saturated carbocycles. The number of nitrogen functional groups attached to an aromatic ring is 1. The average molecular weight is 340 g/mol. The van der Waals surface area contributed by atoms with Gasteiger partial charge in [0, 0.05) is 0 Å². The molecular weight excluding hydrogens is 326 g/mol. The second-order valence-corrected chi connectivity index (χ2v) is 6.97. The number of anilines is 1. The van der Waals surface area contributed by atoms with Crippen molar-refractivity contribution in [2.75, 3.05) is 12.8 Å². The van der Waals surface area contributed by atoms with E-state index in [1.807, 2.05) is 0 Å². The predicted molar refractivity (Wildman–Crippen MR) is 83.8 cm³/mol. The lowest BCUT2D eigenvalue weighted by atomic mass is 10.2. The van der Waals surface area contributed by atoms with Crippen molar-refractivity contribution >= 4 is 33.1 Å². The average Bonchev–Trinajstić information content (AvgIpc) is 2.46. The number of benzene rings is 2. The van der Waals surface area contributed by atoms with Gasteiger partial charge in [-0.3, -0.25) is 0 Å². The fourth-order valence-electron chi connectivity index (χ4n) is 2.03. The van der Waals surface area contributed by atoms with E-state index in [1.165, 1.54) is 31.4 Å². The van der Waals surface area contributed by atoms with E-state index < -0.39 is 15.8 Å². The topological polar surface area (TPSA) is 86.5 Å². The molecule has 2 aromatic rings. The fourth-order valence-corrected chi connectivity index (χ4v) is 3.76. The maximum Gasteiger partial charge on any atom is 0.341 e. The Morgan fingerprint density at radius 3 is 2.50 bits per heavy atom. The Kier molecular flexibility index (Phi) is 4.44. The molecule has 0 unspecified atom stereocenters. The summed E-state index contributed by atoms with van der Waals surface area (Å²) in [5.41, 5.74) is 6.27. The first-order valence-electron chi connectivity index (χ1n) is 6.27. The number of hydrogen-bond acceptors (Lipinski definition) is 5. The number of sulfone groups is 1. The minimum Gasteiger partial charge on any atom is -0.465 e. The van der Waals surface area contributed by atoms with Crippen LogP contribution < -0.4 is 5.73 Å². The third-order valence-electron chi connectivity index (χ3n) is 3.13. The maximum atomic E-state index is 12.7. The van der Waals surface area contributed by atoms with Crippen molar-refractivity contribution in [1.82, 2.24) is 0 Å². The zero-order valence-electron chi connectivity index (χ0n) is 12.0. The monoisotopic (exact) mass is 339 g/mol. The van der Waals surface area contributed by atoms with Crippen molar-refractivity contribution in [3.05, 3.63) is 52.5 Å². The summed E-state index contributed by atoms with van der Waals surface area (Å²) in [5.74, 6) is -0.788. The van der Waals surface area contributed by atoms with Gasteiger partial charge < -0.3 is 10.5 Å². The zero-order valence-corrected chi connectivity index (χ0v) is 13.5. The van der Waals surface area contributed by atoms with E-state index in [-0.39, 0.29) is 26.1 Å². The van der Waals surface area contributed by atoms with Crippen LogP contribution in [0.2, 0.25) is 5.02 Å². The molecule has 2 N–H and O–H groups in total. The van der Waals surface area contributed by atoms with Crippen molar-refractivity contribution in [2.45, 2.75) is 16.7 Å².